The van der Waals surface area contributed by atoms with Crippen molar-refractivity contribution >= 4 is 0 Å². The Morgan fingerprint density at radius 3 is 2.60 bits per heavy atom. The lowest BCUT2D eigenvalue weighted by Crippen LogP contribution is -2.22. The largest absolute Gasteiger partial charge is 0.390 e. The van der Waals surface area contributed by atoms with Gasteiger partial charge in [-0.1, -0.05) is 32.4 Å². The molecule has 1 heteroatoms. The monoisotopic (exact) mass is 141 g/mol. The first kappa shape index (κ1) is 9.70. The highest BCUT2D eigenvalue weighted by molar-refractivity contribution is 4.80. The second-order valence-electron chi connectivity index (χ2n) is 3.04. The average Bonchev–Trinajstić information content (AvgIpc) is 1.84. The van der Waals surface area contributed by atoms with E-state index in [0.717, 1.165) is 19.3 Å². The van der Waals surface area contributed by atoms with Gasteiger partial charge in [0.2, 0.25) is 0 Å². The highest BCUT2D eigenvalue weighted by Gasteiger charge is 2.16. The van der Waals surface area contributed by atoms with E-state index in [1.807, 2.05) is 6.92 Å². The zero-order valence-corrected chi connectivity index (χ0v) is 6.93. The molecule has 0 unspecified atom stereocenters. The summed E-state index contributed by atoms with van der Waals surface area (Å²) < 4.78 is 0. The minimum absolute atomic E-state index is 0.579. The predicted molar refractivity (Wildman–Crippen MR) is 43.6 cm³/mol. The van der Waals surface area contributed by atoms with Crippen molar-refractivity contribution < 1.29 is 5.11 Å². The minimum Gasteiger partial charge on any atom is -0.390 e. The van der Waals surface area contributed by atoms with E-state index in [1.165, 1.54) is 6.08 Å². The van der Waals surface area contributed by atoms with Crippen LogP contribution in [-0.4, -0.2) is 10.7 Å². The Labute approximate surface area is 63.8 Å². The van der Waals surface area contributed by atoms with Crippen molar-refractivity contribution in [1.29, 1.82) is 0 Å². The molecule has 0 spiro atoms. The van der Waals surface area contributed by atoms with E-state index >= 15 is 0 Å². The summed E-state index contributed by atoms with van der Waals surface area (Å²) in [4.78, 5) is 0. The van der Waals surface area contributed by atoms with Gasteiger partial charge in [0.15, 0.2) is 0 Å². The van der Waals surface area contributed by atoms with E-state index in [4.69, 9.17) is 6.58 Å². The van der Waals surface area contributed by atoms with Crippen LogP contribution in [0, 0.1) is 6.58 Å². The Morgan fingerprint density at radius 1 is 1.60 bits per heavy atom. The standard InChI is InChI=1S/C9H17O/c1-4-6-8-9(3,10)7-5-2/h2,5,10H,4,6-8H2,1,3H3/t9-/m1/s1. The third-order valence-corrected chi connectivity index (χ3v) is 1.63. The highest BCUT2D eigenvalue weighted by Crippen LogP contribution is 2.17. The summed E-state index contributed by atoms with van der Waals surface area (Å²) in [6.45, 7) is 9.14. The van der Waals surface area contributed by atoms with Crippen molar-refractivity contribution in [2.75, 3.05) is 0 Å². The molecule has 1 atom stereocenters. The van der Waals surface area contributed by atoms with Crippen molar-refractivity contribution in [1.82, 2.24) is 0 Å². The van der Waals surface area contributed by atoms with Gasteiger partial charge >= 0.3 is 0 Å². The molecule has 1 radical (unpaired) electrons. The van der Waals surface area contributed by atoms with Crippen LogP contribution in [-0.2, 0) is 0 Å². The van der Waals surface area contributed by atoms with E-state index in [1.54, 1.807) is 0 Å². The second-order valence-corrected chi connectivity index (χ2v) is 3.04. The van der Waals surface area contributed by atoms with E-state index in [-0.39, 0.29) is 0 Å². The molecule has 0 heterocycles. The molecule has 1 N–H and O–H groups in total. The molecule has 0 fully saturated rings. The van der Waals surface area contributed by atoms with Crippen molar-refractivity contribution in [3.8, 4) is 0 Å². The van der Waals surface area contributed by atoms with Crippen molar-refractivity contribution in [3.05, 3.63) is 12.7 Å². The van der Waals surface area contributed by atoms with Gasteiger partial charge in [-0.25, -0.2) is 0 Å². The Kier molecular flexibility index (Phi) is 4.37. The van der Waals surface area contributed by atoms with E-state index in [2.05, 4.69) is 6.92 Å². The summed E-state index contributed by atoms with van der Waals surface area (Å²) in [5.74, 6) is 0. The molecule has 59 valence electrons. The summed E-state index contributed by atoms with van der Waals surface area (Å²) >= 11 is 0. The lowest BCUT2D eigenvalue weighted by molar-refractivity contribution is 0.0517. The molecule has 10 heavy (non-hydrogen) atoms. The quantitative estimate of drug-likeness (QED) is 0.623. The first-order valence-electron chi connectivity index (χ1n) is 3.88. The topological polar surface area (TPSA) is 20.2 Å². The third kappa shape index (κ3) is 4.57. The number of aliphatic hydroxyl groups is 1. The second kappa shape index (κ2) is 4.51. The Bertz CT molecular complexity index is 94.9. The highest BCUT2D eigenvalue weighted by atomic mass is 16.3. The van der Waals surface area contributed by atoms with Crippen LogP contribution < -0.4 is 0 Å². The molecule has 0 aliphatic carbocycles. The van der Waals surface area contributed by atoms with Gasteiger partial charge in [-0.3, -0.25) is 0 Å². The number of rotatable bonds is 5. The molecule has 0 aromatic carbocycles. The molecule has 0 aliphatic heterocycles. The molecule has 0 bridgehead atoms. The van der Waals surface area contributed by atoms with Gasteiger partial charge < -0.3 is 5.11 Å². The van der Waals surface area contributed by atoms with Gasteiger partial charge in [0.1, 0.15) is 0 Å². The molecule has 0 rings (SSSR count). The van der Waals surface area contributed by atoms with Crippen molar-refractivity contribution in [3.63, 3.8) is 0 Å². The van der Waals surface area contributed by atoms with E-state index in [0.29, 0.717) is 6.42 Å². The van der Waals surface area contributed by atoms with Crippen LogP contribution in [0.15, 0.2) is 6.08 Å². The first-order chi connectivity index (χ1) is 4.62. The Morgan fingerprint density at radius 2 is 2.20 bits per heavy atom. The van der Waals surface area contributed by atoms with Crippen LogP contribution in [0.1, 0.15) is 39.5 Å². The lowest BCUT2D eigenvalue weighted by atomic mass is 9.96. The van der Waals surface area contributed by atoms with Crippen LogP contribution in [0.3, 0.4) is 0 Å². The van der Waals surface area contributed by atoms with Crippen LogP contribution >= 0.6 is 0 Å². The third-order valence-electron chi connectivity index (χ3n) is 1.63. The molecule has 0 amide bonds. The van der Waals surface area contributed by atoms with Gasteiger partial charge in [-0.05, 0) is 19.8 Å². The number of hydrogen-bond acceptors (Lipinski definition) is 1. The smallest absolute Gasteiger partial charge is 0.0654 e. The van der Waals surface area contributed by atoms with Crippen LogP contribution in [0.2, 0.25) is 0 Å². The molecule has 0 saturated carbocycles. The maximum absolute atomic E-state index is 9.53. The summed E-state index contributed by atoms with van der Waals surface area (Å²) in [5, 5.41) is 9.53. The van der Waals surface area contributed by atoms with E-state index < -0.39 is 5.60 Å². The zero-order valence-electron chi connectivity index (χ0n) is 6.93. The SMILES string of the molecule is [CH]=CC[C@@](C)(O)CCCC. The predicted octanol–water partition coefficient (Wildman–Crippen LogP) is 2.31. The fourth-order valence-corrected chi connectivity index (χ4v) is 0.914. The molecular weight excluding hydrogens is 124 g/mol. The van der Waals surface area contributed by atoms with Gasteiger partial charge in [0, 0.05) is 0 Å². The van der Waals surface area contributed by atoms with Crippen LogP contribution in [0.25, 0.3) is 0 Å². The number of hydrogen-bond donors (Lipinski definition) is 1. The zero-order chi connectivity index (χ0) is 8.04. The van der Waals surface area contributed by atoms with Gasteiger partial charge in [-0.2, -0.15) is 0 Å². The maximum atomic E-state index is 9.53. The molecular formula is C9H17O. The summed E-state index contributed by atoms with van der Waals surface area (Å²) in [5.41, 5.74) is -0.579. The number of unbranched alkanes of at least 4 members (excludes halogenated alkanes) is 1. The fourth-order valence-electron chi connectivity index (χ4n) is 0.914. The van der Waals surface area contributed by atoms with Crippen molar-refractivity contribution in [2.24, 2.45) is 0 Å². The molecule has 0 aromatic rings. The van der Waals surface area contributed by atoms with Crippen molar-refractivity contribution in [2.45, 2.75) is 45.1 Å². The van der Waals surface area contributed by atoms with Gasteiger partial charge in [0.05, 0.1) is 5.60 Å². The molecule has 0 aromatic heterocycles. The molecule has 0 aliphatic rings. The molecule has 0 saturated heterocycles. The maximum Gasteiger partial charge on any atom is 0.0654 e. The summed E-state index contributed by atoms with van der Waals surface area (Å²) in [7, 11) is 0. The van der Waals surface area contributed by atoms with Gasteiger partial charge in [0.25, 0.3) is 0 Å². The fraction of sp³-hybridized carbons (Fsp3) is 0.778. The van der Waals surface area contributed by atoms with Crippen LogP contribution in [0.4, 0.5) is 0 Å². The van der Waals surface area contributed by atoms with Crippen LogP contribution in [0.5, 0.6) is 0 Å². The minimum atomic E-state index is -0.579. The average molecular weight is 141 g/mol. The van der Waals surface area contributed by atoms with Gasteiger partial charge in [-0.15, -0.1) is 0 Å². The lowest BCUT2D eigenvalue weighted by Gasteiger charge is -2.20. The summed E-state index contributed by atoms with van der Waals surface area (Å²) in [6.07, 6.45) is 5.15. The molecule has 1 nitrogen and oxygen atoms in total. The Balaban J connectivity index is 3.51. The van der Waals surface area contributed by atoms with E-state index in [9.17, 15) is 5.11 Å². The first-order valence-corrected chi connectivity index (χ1v) is 3.88. The Hall–Kier alpha value is -0.300. The summed E-state index contributed by atoms with van der Waals surface area (Å²) in [6, 6.07) is 0. The normalized spacial score (nSPS) is 16.3.